The van der Waals surface area contributed by atoms with Gasteiger partial charge in [-0.1, -0.05) is 17.7 Å². The number of aryl methyl sites for hydroxylation is 2. The molecule has 0 saturated heterocycles. The molecule has 33 heavy (non-hydrogen) atoms. The summed E-state index contributed by atoms with van der Waals surface area (Å²) in [4.78, 5) is 26.2. The number of aromatic nitrogens is 3. The molecule has 4 rings (SSSR count). The van der Waals surface area contributed by atoms with Gasteiger partial charge in [-0.25, -0.2) is 4.98 Å². The maximum Gasteiger partial charge on any atom is 0.251 e. The number of nitrogens with one attached hydrogen (secondary N) is 1. The van der Waals surface area contributed by atoms with E-state index in [1.165, 1.54) is 0 Å². The summed E-state index contributed by atoms with van der Waals surface area (Å²) in [6.45, 7) is 4.44. The quantitative estimate of drug-likeness (QED) is 0.402. The van der Waals surface area contributed by atoms with Crippen molar-refractivity contribution in [3.05, 3.63) is 93.0 Å². The number of anilines is 1. The van der Waals surface area contributed by atoms with Crippen molar-refractivity contribution in [1.82, 2.24) is 20.3 Å². The monoisotopic (exact) mass is 460 g/mol. The molecule has 3 aromatic heterocycles. The fraction of sp³-hybridized carbons (Fsp3) is 0.200. The molecule has 0 atom stereocenters. The number of rotatable bonds is 6. The van der Waals surface area contributed by atoms with Crippen molar-refractivity contribution in [3.8, 4) is 0 Å². The summed E-state index contributed by atoms with van der Waals surface area (Å²) in [5.41, 5.74) is 18.2. The van der Waals surface area contributed by atoms with Gasteiger partial charge in [-0.15, -0.1) is 0 Å². The van der Waals surface area contributed by atoms with Crippen molar-refractivity contribution >= 4 is 34.2 Å². The van der Waals surface area contributed by atoms with E-state index in [9.17, 15) is 4.79 Å². The molecule has 0 spiro atoms. The van der Waals surface area contributed by atoms with Crippen LogP contribution in [0.15, 0.2) is 48.7 Å². The first-order valence-corrected chi connectivity index (χ1v) is 10.9. The number of amides is 1. The Labute approximate surface area is 197 Å². The molecule has 3 heterocycles. The Hall–Kier alpha value is -3.55. The Morgan fingerprint density at radius 2 is 1.85 bits per heavy atom. The van der Waals surface area contributed by atoms with Gasteiger partial charge >= 0.3 is 0 Å². The molecule has 1 aromatic carbocycles. The van der Waals surface area contributed by atoms with Gasteiger partial charge in [0, 0.05) is 48.0 Å². The Balaban J connectivity index is 1.56. The molecule has 8 heteroatoms. The van der Waals surface area contributed by atoms with Crippen LogP contribution in [0, 0.1) is 13.8 Å². The third-order valence-corrected chi connectivity index (χ3v) is 5.71. The lowest BCUT2D eigenvalue weighted by Crippen LogP contribution is -2.24. The highest BCUT2D eigenvalue weighted by molar-refractivity contribution is 6.31. The largest absolute Gasteiger partial charge is 0.384 e. The zero-order valence-electron chi connectivity index (χ0n) is 18.5. The maximum atomic E-state index is 12.9. The second-order valence-electron chi connectivity index (χ2n) is 8.01. The molecule has 0 aliphatic carbocycles. The lowest BCUT2D eigenvalue weighted by atomic mass is 10.0. The van der Waals surface area contributed by atoms with Crippen LogP contribution >= 0.6 is 11.6 Å². The third kappa shape index (κ3) is 5.27. The molecule has 4 aromatic rings. The third-order valence-electron chi connectivity index (χ3n) is 5.50. The molecular weight excluding hydrogens is 436 g/mol. The van der Waals surface area contributed by atoms with Gasteiger partial charge in [-0.2, -0.15) is 0 Å². The van der Waals surface area contributed by atoms with Gasteiger partial charge < -0.3 is 16.8 Å². The number of hydrogen-bond acceptors (Lipinski definition) is 6. The van der Waals surface area contributed by atoms with E-state index in [-0.39, 0.29) is 12.5 Å². The molecule has 7 nitrogen and oxygen atoms in total. The van der Waals surface area contributed by atoms with Crippen molar-refractivity contribution in [2.45, 2.75) is 33.4 Å². The number of hydrogen-bond donors (Lipinski definition) is 3. The van der Waals surface area contributed by atoms with Crippen molar-refractivity contribution in [3.63, 3.8) is 0 Å². The number of benzene rings is 1. The lowest BCUT2D eigenvalue weighted by molar-refractivity contribution is 0.0950. The molecule has 168 valence electrons. The van der Waals surface area contributed by atoms with Crippen LogP contribution in [0.1, 0.15) is 44.1 Å². The number of halogens is 1. The summed E-state index contributed by atoms with van der Waals surface area (Å²) < 4.78 is 0. The average Bonchev–Trinajstić information content (AvgIpc) is 2.77. The Morgan fingerprint density at radius 3 is 2.61 bits per heavy atom. The first-order valence-electron chi connectivity index (χ1n) is 10.6. The highest BCUT2D eigenvalue weighted by Gasteiger charge is 2.13. The first-order chi connectivity index (χ1) is 15.8. The SMILES string of the molecule is Cc1cc(N)nc(C)c1CNC(=O)c1cc(CN)nc(Cc2ccc3ncc(Cl)cc3c2)c1. The predicted octanol–water partition coefficient (Wildman–Crippen LogP) is 3.86. The smallest absolute Gasteiger partial charge is 0.251 e. The number of carbonyl (C=O) groups excluding carboxylic acids is 1. The van der Waals surface area contributed by atoms with E-state index in [1.54, 1.807) is 24.4 Å². The minimum atomic E-state index is -0.196. The van der Waals surface area contributed by atoms with Crippen LogP contribution in [0.2, 0.25) is 5.02 Å². The van der Waals surface area contributed by atoms with E-state index < -0.39 is 0 Å². The van der Waals surface area contributed by atoms with Crippen molar-refractivity contribution in [2.75, 3.05) is 5.73 Å². The van der Waals surface area contributed by atoms with Gasteiger partial charge in [0.05, 0.1) is 16.2 Å². The van der Waals surface area contributed by atoms with E-state index in [1.807, 2.05) is 38.1 Å². The molecule has 1 amide bonds. The van der Waals surface area contributed by atoms with Crippen LogP contribution in [-0.2, 0) is 19.5 Å². The average molecular weight is 461 g/mol. The topological polar surface area (TPSA) is 120 Å². The molecule has 0 saturated carbocycles. The second-order valence-corrected chi connectivity index (χ2v) is 8.45. The second kappa shape index (κ2) is 9.52. The number of nitrogen functional groups attached to an aromatic ring is 1. The summed E-state index contributed by atoms with van der Waals surface area (Å²) in [6, 6.07) is 13.2. The summed E-state index contributed by atoms with van der Waals surface area (Å²) >= 11 is 6.08. The summed E-state index contributed by atoms with van der Waals surface area (Å²) in [7, 11) is 0. The molecule has 0 bridgehead atoms. The van der Waals surface area contributed by atoms with Gasteiger partial charge in [0.25, 0.3) is 5.91 Å². The van der Waals surface area contributed by atoms with Crippen LogP contribution in [0.25, 0.3) is 10.9 Å². The summed E-state index contributed by atoms with van der Waals surface area (Å²) in [5.74, 6) is 0.275. The fourth-order valence-electron chi connectivity index (χ4n) is 3.87. The normalized spacial score (nSPS) is 11.0. The Bertz CT molecular complexity index is 1330. The number of pyridine rings is 3. The van der Waals surface area contributed by atoms with E-state index in [4.69, 9.17) is 23.1 Å². The van der Waals surface area contributed by atoms with Crippen molar-refractivity contribution in [1.29, 1.82) is 0 Å². The standard InChI is InChI=1S/C25H25ClN6O/c1-14-5-24(28)31-15(2)22(14)13-30-25(33)18-9-20(32-21(10-18)11-27)7-16-3-4-23-17(6-16)8-19(26)12-29-23/h3-6,8-10,12H,7,11,13,27H2,1-2H3,(H2,28,31)(H,30,33). The first kappa shape index (κ1) is 22.6. The predicted molar refractivity (Wildman–Crippen MR) is 131 cm³/mol. The summed E-state index contributed by atoms with van der Waals surface area (Å²) in [5, 5.41) is 4.52. The minimum Gasteiger partial charge on any atom is -0.384 e. The molecule has 0 aliphatic rings. The number of nitrogens with two attached hydrogens (primary N) is 2. The highest BCUT2D eigenvalue weighted by atomic mass is 35.5. The number of carbonyl (C=O) groups is 1. The van der Waals surface area contributed by atoms with Crippen LogP contribution in [-0.4, -0.2) is 20.9 Å². The molecule has 5 N–H and O–H groups in total. The maximum absolute atomic E-state index is 12.9. The zero-order valence-corrected chi connectivity index (χ0v) is 19.3. The van der Waals surface area contributed by atoms with Crippen LogP contribution in [0.4, 0.5) is 5.82 Å². The van der Waals surface area contributed by atoms with Crippen molar-refractivity contribution < 1.29 is 4.79 Å². The number of fused-ring (bicyclic) bond motifs is 1. The zero-order chi connectivity index (χ0) is 23.5. The molecule has 0 radical (unpaired) electrons. The summed E-state index contributed by atoms with van der Waals surface area (Å²) in [6.07, 6.45) is 2.18. The highest BCUT2D eigenvalue weighted by Crippen LogP contribution is 2.20. The van der Waals surface area contributed by atoms with Gasteiger partial charge in [0.15, 0.2) is 0 Å². The number of nitrogens with zero attached hydrogens (tertiary/aromatic N) is 3. The van der Waals surface area contributed by atoms with E-state index in [2.05, 4.69) is 20.3 Å². The fourth-order valence-corrected chi connectivity index (χ4v) is 4.04. The van der Waals surface area contributed by atoms with Crippen LogP contribution in [0.5, 0.6) is 0 Å². The van der Waals surface area contributed by atoms with Gasteiger partial charge in [0.1, 0.15) is 5.82 Å². The van der Waals surface area contributed by atoms with Gasteiger partial charge in [0.2, 0.25) is 0 Å². The van der Waals surface area contributed by atoms with E-state index in [0.29, 0.717) is 35.1 Å². The van der Waals surface area contributed by atoms with Gasteiger partial charge in [-0.3, -0.25) is 14.8 Å². The van der Waals surface area contributed by atoms with Crippen molar-refractivity contribution in [2.24, 2.45) is 5.73 Å². The Kier molecular flexibility index (Phi) is 6.53. The van der Waals surface area contributed by atoms with Gasteiger partial charge in [-0.05, 0) is 66.9 Å². The molecule has 0 fully saturated rings. The molecule has 0 unspecified atom stereocenters. The van der Waals surface area contributed by atoms with E-state index in [0.717, 1.165) is 39.0 Å². The van der Waals surface area contributed by atoms with E-state index >= 15 is 0 Å². The minimum absolute atomic E-state index is 0.196. The van der Waals surface area contributed by atoms with Crippen LogP contribution in [0.3, 0.4) is 0 Å². The van der Waals surface area contributed by atoms with Crippen LogP contribution < -0.4 is 16.8 Å². The Morgan fingerprint density at radius 1 is 1.06 bits per heavy atom. The lowest BCUT2D eigenvalue weighted by Gasteiger charge is -2.13. The molecule has 0 aliphatic heterocycles. The molecular formula is C25H25ClN6O.